The van der Waals surface area contributed by atoms with Gasteiger partial charge in [0.05, 0.1) is 36.8 Å². The maximum absolute atomic E-state index is 12.7. The minimum Gasteiger partial charge on any atom is -0.496 e. The number of carbonyl (C=O) groups excluding carboxylic acids is 1. The van der Waals surface area contributed by atoms with Crippen molar-refractivity contribution in [1.82, 2.24) is 30.0 Å². The number of amides is 1. The van der Waals surface area contributed by atoms with Gasteiger partial charge < -0.3 is 20.5 Å². The lowest BCUT2D eigenvalue weighted by molar-refractivity contribution is 0.0948. The molecule has 38 heavy (non-hydrogen) atoms. The third-order valence-electron chi connectivity index (χ3n) is 7.24. The van der Waals surface area contributed by atoms with Gasteiger partial charge in [-0.3, -0.25) is 9.69 Å². The van der Waals surface area contributed by atoms with Gasteiger partial charge in [0.15, 0.2) is 5.65 Å². The largest absolute Gasteiger partial charge is 0.496 e. The minimum absolute atomic E-state index is 0.184. The first kappa shape index (κ1) is 24.3. The summed E-state index contributed by atoms with van der Waals surface area (Å²) < 4.78 is 12.8. The van der Waals surface area contributed by atoms with E-state index < -0.39 is 0 Å². The Morgan fingerprint density at radius 3 is 2.79 bits per heavy atom. The highest BCUT2D eigenvalue weighted by atomic mass is 16.6. The molecule has 0 bridgehead atoms. The van der Waals surface area contributed by atoms with Crippen molar-refractivity contribution in [2.45, 2.75) is 31.5 Å². The van der Waals surface area contributed by atoms with Crippen LogP contribution in [0.3, 0.4) is 0 Å². The summed E-state index contributed by atoms with van der Waals surface area (Å²) in [4.78, 5) is 24.0. The van der Waals surface area contributed by atoms with Crippen molar-refractivity contribution in [3.8, 4) is 17.0 Å². The first-order valence-corrected chi connectivity index (χ1v) is 12.9. The maximum Gasteiger partial charge on any atom is 0.255 e. The number of epoxide rings is 1. The molecule has 2 atom stereocenters. The van der Waals surface area contributed by atoms with E-state index in [1.165, 1.54) is 6.33 Å². The van der Waals surface area contributed by atoms with Crippen LogP contribution in [0.25, 0.3) is 22.3 Å². The number of hydrogen-bond donors (Lipinski definition) is 2. The first-order chi connectivity index (χ1) is 18.6. The Hall–Kier alpha value is -4.02. The van der Waals surface area contributed by atoms with Crippen LogP contribution in [0.2, 0.25) is 0 Å². The number of methoxy groups -OCH3 is 1. The SMILES string of the molecule is COc1ccccc1C(=O)NCc1ccc(-c2nn(C3CCCN(CC4CO4)C3)c3ncnc(N)c23)cc1. The number of nitrogens with one attached hydrogen (secondary N) is 1. The van der Waals surface area contributed by atoms with E-state index in [1.807, 2.05) is 41.1 Å². The van der Waals surface area contributed by atoms with Crippen LogP contribution in [0.4, 0.5) is 5.82 Å². The van der Waals surface area contributed by atoms with E-state index in [4.69, 9.17) is 20.3 Å². The number of benzene rings is 2. The van der Waals surface area contributed by atoms with Gasteiger partial charge in [-0.05, 0) is 37.1 Å². The highest BCUT2D eigenvalue weighted by Crippen LogP contribution is 2.34. The Morgan fingerprint density at radius 1 is 1.18 bits per heavy atom. The van der Waals surface area contributed by atoms with Crippen LogP contribution in [-0.2, 0) is 11.3 Å². The summed E-state index contributed by atoms with van der Waals surface area (Å²) in [5.41, 5.74) is 10.3. The molecule has 0 spiro atoms. The number of hydrogen-bond acceptors (Lipinski definition) is 8. The number of ether oxygens (including phenoxy) is 2. The molecule has 196 valence electrons. The number of fused-ring (bicyclic) bond motifs is 1. The average molecular weight is 514 g/mol. The lowest BCUT2D eigenvalue weighted by Gasteiger charge is -2.32. The van der Waals surface area contributed by atoms with Crippen LogP contribution in [0.15, 0.2) is 54.9 Å². The molecule has 4 heterocycles. The minimum atomic E-state index is -0.184. The Kier molecular flexibility index (Phi) is 6.65. The molecule has 0 saturated carbocycles. The molecule has 3 N–H and O–H groups in total. The van der Waals surface area contributed by atoms with Gasteiger partial charge in [0.2, 0.25) is 0 Å². The molecule has 4 aromatic rings. The number of likely N-dealkylation sites (tertiary alicyclic amines) is 1. The molecule has 10 heteroatoms. The zero-order chi connectivity index (χ0) is 26.1. The summed E-state index contributed by atoms with van der Waals surface area (Å²) in [5.74, 6) is 0.781. The Balaban J connectivity index is 1.22. The normalized spacial score (nSPS) is 19.4. The quantitative estimate of drug-likeness (QED) is 0.345. The van der Waals surface area contributed by atoms with Gasteiger partial charge in [-0.15, -0.1) is 0 Å². The molecule has 1 amide bonds. The summed E-state index contributed by atoms with van der Waals surface area (Å²) in [6.45, 7) is 4.20. The van der Waals surface area contributed by atoms with E-state index in [9.17, 15) is 4.79 Å². The molecule has 2 unspecified atom stereocenters. The number of aromatic nitrogens is 4. The summed E-state index contributed by atoms with van der Waals surface area (Å²) >= 11 is 0. The molecule has 6 rings (SSSR count). The van der Waals surface area contributed by atoms with Crippen LogP contribution in [-0.4, -0.2) is 70.0 Å². The second-order valence-corrected chi connectivity index (χ2v) is 9.84. The van der Waals surface area contributed by atoms with Crippen LogP contribution in [0.5, 0.6) is 5.75 Å². The molecule has 2 aromatic heterocycles. The van der Waals surface area contributed by atoms with Gasteiger partial charge in [0.1, 0.15) is 23.6 Å². The van der Waals surface area contributed by atoms with Crippen molar-refractivity contribution in [3.05, 3.63) is 66.0 Å². The molecule has 0 radical (unpaired) electrons. The fraction of sp³-hybridized carbons (Fsp3) is 0.357. The van der Waals surface area contributed by atoms with Gasteiger partial charge in [-0.2, -0.15) is 5.10 Å². The average Bonchev–Trinajstić information content (AvgIpc) is 3.68. The molecular weight excluding hydrogens is 482 g/mol. The number of para-hydroxylation sites is 1. The number of rotatable bonds is 8. The zero-order valence-corrected chi connectivity index (χ0v) is 21.3. The van der Waals surface area contributed by atoms with Crippen molar-refractivity contribution in [1.29, 1.82) is 0 Å². The van der Waals surface area contributed by atoms with Gasteiger partial charge in [-0.1, -0.05) is 36.4 Å². The highest BCUT2D eigenvalue weighted by molar-refractivity contribution is 5.98. The van der Waals surface area contributed by atoms with Crippen LogP contribution >= 0.6 is 0 Å². The monoisotopic (exact) mass is 513 g/mol. The van der Waals surface area contributed by atoms with Crippen molar-refractivity contribution in [2.75, 3.05) is 39.1 Å². The molecule has 2 aliphatic heterocycles. The topological polar surface area (TPSA) is 124 Å². The first-order valence-electron chi connectivity index (χ1n) is 12.9. The summed E-state index contributed by atoms with van der Waals surface area (Å²) in [7, 11) is 1.56. The maximum atomic E-state index is 12.7. The molecule has 2 aliphatic rings. The smallest absolute Gasteiger partial charge is 0.255 e. The second kappa shape index (κ2) is 10.4. The molecule has 10 nitrogen and oxygen atoms in total. The van der Waals surface area contributed by atoms with Crippen LogP contribution in [0.1, 0.15) is 34.8 Å². The summed E-state index contributed by atoms with van der Waals surface area (Å²) in [5, 5.41) is 8.76. The van der Waals surface area contributed by atoms with Crippen molar-refractivity contribution >= 4 is 22.8 Å². The number of nitrogens with two attached hydrogens (primary N) is 1. The zero-order valence-electron chi connectivity index (χ0n) is 21.3. The number of piperidine rings is 1. The lowest BCUT2D eigenvalue weighted by atomic mass is 10.1. The van der Waals surface area contributed by atoms with Gasteiger partial charge in [0.25, 0.3) is 5.91 Å². The van der Waals surface area contributed by atoms with Gasteiger partial charge in [-0.25, -0.2) is 14.6 Å². The molecular formula is C28H31N7O3. The third-order valence-corrected chi connectivity index (χ3v) is 7.24. The van der Waals surface area contributed by atoms with E-state index >= 15 is 0 Å². The Bertz CT molecular complexity index is 1450. The number of nitrogens with zero attached hydrogens (tertiary/aromatic N) is 5. The molecule has 2 saturated heterocycles. The van der Waals surface area contributed by atoms with Crippen molar-refractivity contribution in [2.24, 2.45) is 0 Å². The predicted octanol–water partition coefficient (Wildman–Crippen LogP) is 3.05. The third kappa shape index (κ3) is 4.92. The van der Waals surface area contributed by atoms with Crippen molar-refractivity contribution < 1.29 is 14.3 Å². The lowest BCUT2D eigenvalue weighted by Crippen LogP contribution is -2.39. The van der Waals surface area contributed by atoms with E-state index in [-0.39, 0.29) is 11.9 Å². The van der Waals surface area contributed by atoms with E-state index in [2.05, 4.69) is 20.2 Å². The fourth-order valence-corrected chi connectivity index (χ4v) is 5.20. The predicted molar refractivity (Wildman–Crippen MR) is 144 cm³/mol. The fourth-order valence-electron chi connectivity index (χ4n) is 5.20. The standard InChI is InChI=1S/C28H31N7O3/c1-37-23-7-3-2-6-22(23)28(36)30-13-18-8-10-19(11-9-18)25-24-26(29)31-17-32-27(24)35(33-25)20-5-4-12-34(14-20)15-21-16-38-21/h2-3,6-11,17,20-21H,4-5,12-16H2,1H3,(H,30,36)(H2,29,31,32). The number of anilines is 1. The van der Waals surface area contributed by atoms with E-state index in [0.717, 1.165) is 66.9 Å². The molecule has 2 aromatic carbocycles. The highest BCUT2D eigenvalue weighted by Gasteiger charge is 2.31. The van der Waals surface area contributed by atoms with Crippen LogP contribution in [0, 0.1) is 0 Å². The van der Waals surface area contributed by atoms with Gasteiger partial charge >= 0.3 is 0 Å². The Labute approximate surface area is 220 Å². The summed E-state index contributed by atoms with van der Waals surface area (Å²) in [6.07, 6.45) is 4.01. The molecule has 2 fully saturated rings. The van der Waals surface area contributed by atoms with Crippen LogP contribution < -0.4 is 15.8 Å². The number of nitrogen functional groups attached to an aromatic ring is 1. The second-order valence-electron chi connectivity index (χ2n) is 9.84. The van der Waals surface area contributed by atoms with E-state index in [0.29, 0.717) is 29.8 Å². The van der Waals surface area contributed by atoms with Gasteiger partial charge in [0, 0.05) is 25.2 Å². The van der Waals surface area contributed by atoms with E-state index in [1.54, 1.807) is 19.2 Å². The number of carbonyl (C=O) groups is 1. The molecule has 0 aliphatic carbocycles. The summed E-state index contributed by atoms with van der Waals surface area (Å²) in [6, 6.07) is 15.4. The van der Waals surface area contributed by atoms with Crippen molar-refractivity contribution in [3.63, 3.8) is 0 Å². The Morgan fingerprint density at radius 2 is 2.00 bits per heavy atom.